The summed E-state index contributed by atoms with van der Waals surface area (Å²) in [7, 11) is -4.17. The van der Waals surface area contributed by atoms with E-state index in [1.807, 2.05) is 74.5 Å². The first-order valence-corrected chi connectivity index (χ1v) is 18.0. The van der Waals surface area contributed by atoms with Crippen molar-refractivity contribution in [3.05, 3.63) is 130 Å². The molecule has 0 spiro atoms. The van der Waals surface area contributed by atoms with Gasteiger partial charge in [-0.3, -0.25) is 13.9 Å². The van der Waals surface area contributed by atoms with Crippen LogP contribution < -0.4 is 9.62 Å². The third-order valence-electron chi connectivity index (χ3n) is 8.76. The van der Waals surface area contributed by atoms with Crippen molar-refractivity contribution in [3.63, 3.8) is 0 Å². The second kappa shape index (κ2) is 15.6. The quantitative estimate of drug-likeness (QED) is 0.172. The van der Waals surface area contributed by atoms with Gasteiger partial charge in [0.2, 0.25) is 11.8 Å². The number of hydrogen-bond acceptors (Lipinski definition) is 4. The maximum Gasteiger partial charge on any atom is 0.264 e. The molecule has 5 rings (SSSR count). The predicted molar refractivity (Wildman–Crippen MR) is 188 cm³/mol. The van der Waals surface area contributed by atoms with Gasteiger partial charge in [0, 0.05) is 24.0 Å². The van der Waals surface area contributed by atoms with Crippen LogP contribution in [0.5, 0.6) is 0 Å². The molecule has 0 aliphatic heterocycles. The summed E-state index contributed by atoms with van der Waals surface area (Å²) in [6, 6.07) is 29.5. The fourth-order valence-electron chi connectivity index (χ4n) is 6.13. The minimum absolute atomic E-state index is 0.0247. The molecule has 0 heterocycles. The van der Waals surface area contributed by atoms with Crippen molar-refractivity contribution in [1.29, 1.82) is 0 Å². The van der Waals surface area contributed by atoms with E-state index in [4.69, 9.17) is 11.6 Å². The first kappa shape index (κ1) is 34.2. The van der Waals surface area contributed by atoms with Crippen LogP contribution in [0.15, 0.2) is 108 Å². The van der Waals surface area contributed by atoms with Gasteiger partial charge in [0.1, 0.15) is 12.6 Å². The Hall–Kier alpha value is -4.14. The van der Waals surface area contributed by atoms with Gasteiger partial charge in [0.15, 0.2) is 0 Å². The maximum atomic E-state index is 14.7. The monoisotopic (exact) mass is 671 g/mol. The van der Waals surface area contributed by atoms with Gasteiger partial charge in [0.05, 0.1) is 10.6 Å². The average molecular weight is 672 g/mol. The van der Waals surface area contributed by atoms with E-state index in [0.717, 1.165) is 43.2 Å². The van der Waals surface area contributed by atoms with E-state index in [9.17, 15) is 18.0 Å². The third-order valence-corrected chi connectivity index (χ3v) is 10.9. The Morgan fingerprint density at radius 3 is 2.17 bits per heavy atom. The number of hydrogen-bond donors (Lipinski definition) is 1. The Balaban J connectivity index is 1.59. The standard InChI is InChI=1S/C38H42ClN3O4S/c1-28-22-23-29(2)35(24-28)42(47(45,46)33-19-10-5-11-20-33)27-37(43)41(26-31-16-12-13-21-34(31)39)36(25-30-14-6-3-7-15-30)38(44)40-32-17-8-4-9-18-32/h3,5-7,10-16,19-24,32,36H,4,8-9,17-18,25-27H2,1-2H3,(H,40,44). The molecule has 2 amide bonds. The number of carbonyl (C=O) groups is 2. The molecule has 4 aromatic carbocycles. The first-order valence-electron chi connectivity index (χ1n) is 16.2. The molecule has 1 unspecified atom stereocenters. The molecule has 9 heteroatoms. The fraction of sp³-hybridized carbons (Fsp3) is 0.316. The number of nitrogens with zero attached hydrogens (tertiary/aromatic N) is 2. The molecule has 1 aliphatic carbocycles. The molecule has 0 radical (unpaired) electrons. The molecule has 0 saturated heterocycles. The molecular formula is C38H42ClN3O4S. The zero-order valence-corrected chi connectivity index (χ0v) is 28.5. The van der Waals surface area contributed by atoms with Crippen molar-refractivity contribution < 1.29 is 18.0 Å². The van der Waals surface area contributed by atoms with E-state index in [0.29, 0.717) is 21.8 Å². The van der Waals surface area contributed by atoms with Gasteiger partial charge in [-0.1, -0.05) is 110 Å². The van der Waals surface area contributed by atoms with Crippen molar-refractivity contribution in [2.45, 2.75) is 75.9 Å². The topological polar surface area (TPSA) is 86.8 Å². The van der Waals surface area contributed by atoms with E-state index in [1.165, 1.54) is 21.3 Å². The summed E-state index contributed by atoms with van der Waals surface area (Å²) in [6.45, 7) is 3.23. The summed E-state index contributed by atoms with van der Waals surface area (Å²) in [4.78, 5) is 30.6. The lowest BCUT2D eigenvalue weighted by molar-refractivity contribution is -0.140. The van der Waals surface area contributed by atoms with Crippen molar-refractivity contribution in [1.82, 2.24) is 10.2 Å². The van der Waals surface area contributed by atoms with Crippen molar-refractivity contribution in [2.24, 2.45) is 0 Å². The normalized spacial score (nSPS) is 14.3. The highest BCUT2D eigenvalue weighted by atomic mass is 35.5. The maximum absolute atomic E-state index is 14.7. The van der Waals surface area contributed by atoms with E-state index >= 15 is 0 Å². The molecule has 1 atom stereocenters. The summed E-state index contributed by atoms with van der Waals surface area (Å²) < 4.78 is 29.7. The van der Waals surface area contributed by atoms with Crippen LogP contribution >= 0.6 is 11.6 Å². The van der Waals surface area contributed by atoms with Crippen LogP contribution in [0.25, 0.3) is 0 Å². The summed E-state index contributed by atoms with van der Waals surface area (Å²) in [5, 5.41) is 3.69. The van der Waals surface area contributed by atoms with E-state index in [-0.39, 0.29) is 29.8 Å². The number of sulfonamides is 1. The first-order chi connectivity index (χ1) is 22.6. The second-order valence-corrected chi connectivity index (χ2v) is 14.5. The van der Waals surface area contributed by atoms with Gasteiger partial charge in [-0.25, -0.2) is 8.42 Å². The Kier molecular flexibility index (Phi) is 11.4. The number of rotatable bonds is 12. The number of amides is 2. The molecule has 0 aromatic heterocycles. The summed E-state index contributed by atoms with van der Waals surface area (Å²) in [6.07, 6.45) is 5.25. The summed E-state index contributed by atoms with van der Waals surface area (Å²) in [5.41, 5.74) is 3.52. The smallest absolute Gasteiger partial charge is 0.264 e. The Labute approximate surface area is 283 Å². The summed E-state index contributed by atoms with van der Waals surface area (Å²) in [5.74, 6) is -0.768. The van der Waals surface area contributed by atoms with Crippen LogP contribution in [0.2, 0.25) is 5.02 Å². The molecule has 4 aromatic rings. The SMILES string of the molecule is Cc1ccc(C)c(N(CC(=O)N(Cc2ccccc2Cl)C(Cc2ccccc2)C(=O)NC2CCCCC2)S(=O)(=O)c2ccccc2)c1. The van der Waals surface area contributed by atoms with Gasteiger partial charge >= 0.3 is 0 Å². The van der Waals surface area contributed by atoms with Gasteiger partial charge in [-0.2, -0.15) is 0 Å². The van der Waals surface area contributed by atoms with Crippen LogP contribution in [-0.2, 0) is 32.6 Å². The molecule has 1 fully saturated rings. The number of anilines is 1. The van der Waals surface area contributed by atoms with Crippen LogP contribution in [0, 0.1) is 13.8 Å². The van der Waals surface area contributed by atoms with Crippen molar-refractivity contribution in [2.75, 3.05) is 10.8 Å². The van der Waals surface area contributed by atoms with Crippen molar-refractivity contribution >= 4 is 39.1 Å². The zero-order chi connectivity index (χ0) is 33.4. The molecule has 1 aliphatic rings. The van der Waals surface area contributed by atoms with Crippen LogP contribution in [0.3, 0.4) is 0 Å². The van der Waals surface area contributed by atoms with Crippen molar-refractivity contribution in [3.8, 4) is 0 Å². The van der Waals surface area contributed by atoms with Crippen LogP contribution in [0.4, 0.5) is 5.69 Å². The van der Waals surface area contributed by atoms with Gasteiger partial charge in [0.25, 0.3) is 10.0 Å². The van der Waals surface area contributed by atoms with E-state index in [1.54, 1.807) is 30.3 Å². The predicted octanol–water partition coefficient (Wildman–Crippen LogP) is 7.24. The molecule has 1 N–H and O–H groups in total. The lowest BCUT2D eigenvalue weighted by Crippen LogP contribution is -2.55. The third kappa shape index (κ3) is 8.62. The number of nitrogens with one attached hydrogen (secondary N) is 1. The molecular weight excluding hydrogens is 630 g/mol. The van der Waals surface area contributed by atoms with Crippen LogP contribution in [0.1, 0.15) is 54.4 Å². The molecule has 1 saturated carbocycles. The molecule has 47 heavy (non-hydrogen) atoms. The fourth-order valence-corrected chi connectivity index (χ4v) is 7.82. The zero-order valence-electron chi connectivity index (χ0n) is 26.9. The number of halogens is 1. The largest absolute Gasteiger partial charge is 0.352 e. The average Bonchev–Trinajstić information content (AvgIpc) is 3.08. The lowest BCUT2D eigenvalue weighted by Gasteiger charge is -2.35. The second-order valence-electron chi connectivity index (χ2n) is 12.3. The Morgan fingerprint density at radius 1 is 0.851 bits per heavy atom. The van der Waals surface area contributed by atoms with Crippen LogP contribution in [-0.4, -0.2) is 43.8 Å². The van der Waals surface area contributed by atoms with E-state index in [2.05, 4.69) is 5.32 Å². The Bertz CT molecular complexity index is 1780. The van der Waals surface area contributed by atoms with Gasteiger partial charge in [-0.15, -0.1) is 0 Å². The summed E-state index contributed by atoms with van der Waals surface area (Å²) >= 11 is 6.62. The highest BCUT2D eigenvalue weighted by molar-refractivity contribution is 7.92. The molecule has 246 valence electrons. The minimum Gasteiger partial charge on any atom is -0.352 e. The van der Waals surface area contributed by atoms with Gasteiger partial charge in [-0.05, 0) is 73.2 Å². The van der Waals surface area contributed by atoms with Gasteiger partial charge < -0.3 is 10.2 Å². The number of aryl methyl sites for hydroxylation is 2. The minimum atomic E-state index is -4.17. The molecule has 7 nitrogen and oxygen atoms in total. The Morgan fingerprint density at radius 2 is 1.49 bits per heavy atom. The lowest BCUT2D eigenvalue weighted by atomic mass is 9.94. The highest BCUT2D eigenvalue weighted by Gasteiger charge is 2.36. The number of benzene rings is 4. The highest BCUT2D eigenvalue weighted by Crippen LogP contribution is 2.29. The van der Waals surface area contributed by atoms with E-state index < -0.39 is 28.5 Å². The molecule has 0 bridgehead atoms. The number of carbonyl (C=O) groups excluding carboxylic acids is 2.